The highest BCUT2D eigenvalue weighted by molar-refractivity contribution is 9.10. The fourth-order valence-electron chi connectivity index (χ4n) is 6.23. The molecule has 0 aliphatic carbocycles. The molecule has 3 aromatic rings. The Bertz CT molecular complexity index is 1450. The number of piperidine rings is 1. The Balaban J connectivity index is 1.07. The summed E-state index contributed by atoms with van der Waals surface area (Å²) in [6, 6.07) is 14.4. The van der Waals surface area contributed by atoms with Crippen LogP contribution in [-0.4, -0.2) is 52.4 Å². The maximum Gasteiger partial charge on any atom is 0.239 e. The average Bonchev–Trinajstić information content (AvgIpc) is 3.60. The van der Waals surface area contributed by atoms with Gasteiger partial charge in [0.1, 0.15) is 5.82 Å². The second-order valence-corrected chi connectivity index (χ2v) is 12.5. The third kappa shape index (κ3) is 5.67. The number of benzene rings is 2. The summed E-state index contributed by atoms with van der Waals surface area (Å²) in [5.74, 6) is 1.90. The topological polar surface area (TPSA) is 111 Å². The van der Waals surface area contributed by atoms with Crippen LogP contribution < -0.4 is 21.3 Å². The van der Waals surface area contributed by atoms with Gasteiger partial charge in [-0.05, 0) is 103 Å². The maximum absolute atomic E-state index is 12.7. The van der Waals surface area contributed by atoms with Crippen LogP contribution in [0.15, 0.2) is 53.1 Å². The molecule has 2 saturated heterocycles. The van der Waals surface area contributed by atoms with Crippen molar-refractivity contribution in [2.75, 3.05) is 35.6 Å². The fourth-order valence-corrected chi connectivity index (χ4v) is 6.56. The van der Waals surface area contributed by atoms with Crippen molar-refractivity contribution in [3.8, 4) is 0 Å². The zero-order valence-electron chi connectivity index (χ0n) is 23.5. The average molecular weight is 619 g/mol. The predicted molar refractivity (Wildman–Crippen MR) is 164 cm³/mol. The van der Waals surface area contributed by atoms with Crippen molar-refractivity contribution in [3.05, 3.63) is 69.8 Å². The van der Waals surface area contributed by atoms with Gasteiger partial charge in [0.15, 0.2) is 0 Å². The Kier molecular flexibility index (Phi) is 7.70. The lowest BCUT2D eigenvalue weighted by molar-refractivity contribution is -0.134. The van der Waals surface area contributed by atoms with Crippen molar-refractivity contribution >= 4 is 50.9 Å². The van der Waals surface area contributed by atoms with Gasteiger partial charge < -0.3 is 26.2 Å². The number of nitrogens with zero attached hydrogens (tertiary/aromatic N) is 3. The van der Waals surface area contributed by atoms with Gasteiger partial charge in [-0.3, -0.25) is 9.59 Å². The van der Waals surface area contributed by atoms with Gasteiger partial charge in [-0.2, -0.15) is 4.98 Å². The summed E-state index contributed by atoms with van der Waals surface area (Å²) in [4.78, 5) is 36.4. The number of likely N-dealkylation sites (tertiary alicyclic amines) is 1. The standard InChI is InChI=1S/C31H36BrN7O2/c1-31(2)26-21(5-3-6-24(26)37-29(31)41)17-34-27-23(32)18-35-30(38-27)36-22-10-8-19(9-11-22)20-12-15-39(16-13-20)28(40)25-7-4-14-33-25/h3,5-6,8-11,18,20,25,33H,4,7,12-17H2,1-2H3,(H,37,41)(H2,34,35,36,38). The normalized spacial score (nSPS) is 20.0. The summed E-state index contributed by atoms with van der Waals surface area (Å²) in [5.41, 5.74) is 4.56. The lowest BCUT2D eigenvalue weighted by Crippen LogP contribution is -2.46. The lowest BCUT2D eigenvalue weighted by atomic mass is 9.83. The van der Waals surface area contributed by atoms with Crippen LogP contribution in [0.1, 0.15) is 62.1 Å². The van der Waals surface area contributed by atoms with E-state index in [0.717, 1.165) is 72.3 Å². The first-order valence-corrected chi connectivity index (χ1v) is 15.2. The number of rotatable bonds is 7. The smallest absolute Gasteiger partial charge is 0.239 e. The number of hydrogen-bond donors (Lipinski definition) is 4. The number of hydrogen-bond acceptors (Lipinski definition) is 7. The molecule has 4 N–H and O–H groups in total. The molecule has 214 valence electrons. The molecule has 10 heteroatoms. The molecule has 6 rings (SSSR count). The molecule has 2 fully saturated rings. The van der Waals surface area contributed by atoms with Gasteiger partial charge in [0, 0.05) is 37.2 Å². The Morgan fingerprint density at radius 3 is 2.63 bits per heavy atom. The first kappa shape index (κ1) is 27.7. The highest BCUT2D eigenvalue weighted by Crippen LogP contribution is 2.40. The molecule has 41 heavy (non-hydrogen) atoms. The molecule has 4 heterocycles. The summed E-state index contributed by atoms with van der Waals surface area (Å²) in [6.45, 7) is 7.01. The lowest BCUT2D eigenvalue weighted by Gasteiger charge is -2.33. The van der Waals surface area contributed by atoms with Crippen molar-refractivity contribution in [2.45, 2.75) is 63.5 Å². The van der Waals surface area contributed by atoms with E-state index >= 15 is 0 Å². The van der Waals surface area contributed by atoms with Crippen molar-refractivity contribution in [2.24, 2.45) is 0 Å². The fraction of sp³-hybridized carbons (Fsp3) is 0.419. The Morgan fingerprint density at radius 1 is 1.12 bits per heavy atom. The molecule has 2 aromatic carbocycles. The third-order valence-electron chi connectivity index (χ3n) is 8.59. The van der Waals surface area contributed by atoms with Gasteiger partial charge in [-0.1, -0.05) is 24.3 Å². The van der Waals surface area contributed by atoms with E-state index in [1.54, 1.807) is 6.20 Å². The van der Waals surface area contributed by atoms with Gasteiger partial charge in [-0.25, -0.2) is 4.98 Å². The minimum atomic E-state index is -0.587. The highest BCUT2D eigenvalue weighted by atomic mass is 79.9. The SMILES string of the molecule is CC1(C)C(=O)Nc2cccc(CNc3nc(Nc4ccc(C5CCN(C(=O)C6CCCN6)CC5)cc4)ncc3Br)c21. The Labute approximate surface area is 249 Å². The van der Waals surface area contributed by atoms with E-state index in [4.69, 9.17) is 4.98 Å². The van der Waals surface area contributed by atoms with Crippen LogP contribution in [0.3, 0.4) is 0 Å². The number of aromatic nitrogens is 2. The monoisotopic (exact) mass is 617 g/mol. The molecule has 1 aromatic heterocycles. The summed E-state index contributed by atoms with van der Waals surface area (Å²) in [7, 11) is 0. The minimum absolute atomic E-state index is 0.0121. The molecule has 3 aliphatic rings. The zero-order chi connectivity index (χ0) is 28.6. The van der Waals surface area contributed by atoms with Crippen LogP contribution in [-0.2, 0) is 21.5 Å². The highest BCUT2D eigenvalue weighted by Gasteiger charge is 2.40. The molecule has 0 saturated carbocycles. The van der Waals surface area contributed by atoms with Gasteiger partial charge in [0.2, 0.25) is 17.8 Å². The predicted octanol–water partition coefficient (Wildman–Crippen LogP) is 5.28. The molecule has 0 radical (unpaired) electrons. The van der Waals surface area contributed by atoms with E-state index in [9.17, 15) is 9.59 Å². The first-order chi connectivity index (χ1) is 19.8. The Morgan fingerprint density at radius 2 is 1.90 bits per heavy atom. The summed E-state index contributed by atoms with van der Waals surface area (Å²) in [5, 5.41) is 13.0. The van der Waals surface area contributed by atoms with E-state index in [2.05, 4.69) is 66.4 Å². The van der Waals surface area contributed by atoms with Crippen molar-refractivity contribution in [1.29, 1.82) is 0 Å². The number of nitrogens with one attached hydrogen (secondary N) is 4. The number of amides is 2. The van der Waals surface area contributed by atoms with Gasteiger partial charge >= 0.3 is 0 Å². The van der Waals surface area contributed by atoms with Crippen LogP contribution in [0.5, 0.6) is 0 Å². The molecule has 1 atom stereocenters. The van der Waals surface area contributed by atoms with Crippen LogP contribution >= 0.6 is 15.9 Å². The van der Waals surface area contributed by atoms with Gasteiger partial charge in [-0.15, -0.1) is 0 Å². The number of halogens is 1. The van der Waals surface area contributed by atoms with Gasteiger partial charge in [0.25, 0.3) is 0 Å². The van der Waals surface area contributed by atoms with Crippen molar-refractivity contribution in [3.63, 3.8) is 0 Å². The first-order valence-electron chi connectivity index (χ1n) is 14.4. The Hall–Kier alpha value is -3.50. The second-order valence-electron chi connectivity index (χ2n) is 11.7. The number of anilines is 4. The molecular formula is C31H36BrN7O2. The second kappa shape index (κ2) is 11.4. The molecule has 0 bridgehead atoms. The summed E-state index contributed by atoms with van der Waals surface area (Å²) < 4.78 is 0.757. The van der Waals surface area contributed by atoms with Crippen LogP contribution in [0, 0.1) is 0 Å². The van der Waals surface area contributed by atoms with E-state index in [1.165, 1.54) is 5.56 Å². The number of fused-ring (bicyclic) bond motifs is 1. The van der Waals surface area contributed by atoms with E-state index < -0.39 is 5.41 Å². The molecule has 3 aliphatic heterocycles. The maximum atomic E-state index is 12.7. The number of carbonyl (C=O) groups is 2. The molecule has 2 amide bonds. The summed E-state index contributed by atoms with van der Waals surface area (Å²) >= 11 is 3.56. The van der Waals surface area contributed by atoms with Gasteiger partial charge in [0.05, 0.1) is 15.9 Å². The number of carbonyl (C=O) groups excluding carboxylic acids is 2. The zero-order valence-corrected chi connectivity index (χ0v) is 25.1. The molecule has 0 spiro atoms. The minimum Gasteiger partial charge on any atom is -0.365 e. The van der Waals surface area contributed by atoms with E-state index in [1.807, 2.05) is 36.9 Å². The van der Waals surface area contributed by atoms with E-state index in [-0.39, 0.29) is 17.9 Å². The van der Waals surface area contributed by atoms with Crippen LogP contribution in [0.2, 0.25) is 0 Å². The van der Waals surface area contributed by atoms with E-state index in [0.29, 0.717) is 24.2 Å². The largest absolute Gasteiger partial charge is 0.365 e. The molecular weight excluding hydrogens is 582 g/mol. The molecule has 1 unspecified atom stereocenters. The summed E-state index contributed by atoms with van der Waals surface area (Å²) in [6.07, 6.45) is 5.75. The van der Waals surface area contributed by atoms with Crippen LogP contribution in [0.4, 0.5) is 23.1 Å². The van der Waals surface area contributed by atoms with Crippen LogP contribution in [0.25, 0.3) is 0 Å². The molecule has 9 nitrogen and oxygen atoms in total. The van der Waals surface area contributed by atoms with Crippen molar-refractivity contribution < 1.29 is 9.59 Å². The van der Waals surface area contributed by atoms with Crippen molar-refractivity contribution in [1.82, 2.24) is 20.2 Å². The quantitative estimate of drug-likeness (QED) is 0.285. The third-order valence-corrected chi connectivity index (χ3v) is 9.17.